The maximum atomic E-state index is 13.7. The van der Waals surface area contributed by atoms with Gasteiger partial charge in [-0.2, -0.15) is 4.98 Å². The van der Waals surface area contributed by atoms with E-state index in [2.05, 4.69) is 20.8 Å². The van der Waals surface area contributed by atoms with E-state index in [1.807, 2.05) is 0 Å². The quantitative estimate of drug-likeness (QED) is 0.858. The molecule has 2 atom stereocenters. The molecule has 2 aliphatic heterocycles. The third kappa shape index (κ3) is 3.77. The number of carbonyl (C=O) groups is 1. The molecule has 1 aromatic carbocycles. The van der Waals surface area contributed by atoms with E-state index >= 15 is 0 Å². The minimum Gasteiger partial charge on any atom is -0.353 e. The fourth-order valence-electron chi connectivity index (χ4n) is 3.90. The first kappa shape index (κ1) is 17.1. The lowest BCUT2D eigenvalue weighted by Gasteiger charge is -2.29. The fourth-order valence-corrected chi connectivity index (χ4v) is 3.90. The molecule has 4 rings (SSSR count). The highest BCUT2D eigenvalue weighted by atomic mass is 19.1. The summed E-state index contributed by atoms with van der Waals surface area (Å²) in [5.74, 6) is 0.442. The topological polar surface area (TPSA) is 80.0 Å². The molecule has 0 radical (unpaired) electrons. The van der Waals surface area contributed by atoms with Crippen molar-refractivity contribution < 1.29 is 13.7 Å². The third-order valence-electron chi connectivity index (χ3n) is 5.30. The highest BCUT2D eigenvalue weighted by Crippen LogP contribution is 2.26. The van der Waals surface area contributed by atoms with Crippen LogP contribution in [-0.4, -0.2) is 34.2 Å². The molecule has 6 nitrogen and oxygen atoms in total. The van der Waals surface area contributed by atoms with Crippen molar-refractivity contribution in [3.63, 3.8) is 0 Å². The van der Waals surface area contributed by atoms with E-state index in [0.29, 0.717) is 47.8 Å². The van der Waals surface area contributed by atoms with Crippen molar-refractivity contribution in [3.05, 3.63) is 35.5 Å². The van der Waals surface area contributed by atoms with Crippen LogP contribution in [0.4, 0.5) is 4.39 Å². The number of carbonyl (C=O) groups excluding carboxylic acids is 1. The van der Waals surface area contributed by atoms with Crippen LogP contribution in [0.3, 0.4) is 0 Å². The first-order valence-corrected chi connectivity index (χ1v) is 9.21. The highest BCUT2D eigenvalue weighted by Gasteiger charge is 2.33. The Morgan fingerprint density at radius 1 is 1.35 bits per heavy atom. The molecule has 0 aliphatic carbocycles. The Morgan fingerprint density at radius 3 is 2.85 bits per heavy atom. The van der Waals surface area contributed by atoms with E-state index in [4.69, 9.17) is 4.52 Å². The number of aryl methyl sites for hydroxylation is 2. The largest absolute Gasteiger partial charge is 0.353 e. The standard InChI is InChI=1S/C19H23FN4O2/c1-11-2-3-12(8-16(11)20)19-23-18(26-24-19)7-6-17(25)22-15-9-13-4-5-14(10-15)21-13/h2-3,8,13-15,21H,4-7,9-10H2,1H3,(H,22,25). The summed E-state index contributed by atoms with van der Waals surface area (Å²) in [5.41, 5.74) is 1.14. The summed E-state index contributed by atoms with van der Waals surface area (Å²) in [5, 5.41) is 10.6. The average Bonchev–Trinajstić information content (AvgIpc) is 3.22. The number of fused-ring (bicyclic) bond motifs is 2. The van der Waals surface area contributed by atoms with Crippen LogP contribution < -0.4 is 10.6 Å². The summed E-state index contributed by atoms with van der Waals surface area (Å²) < 4.78 is 18.9. The fraction of sp³-hybridized carbons (Fsp3) is 0.526. The minimum atomic E-state index is -0.302. The maximum Gasteiger partial charge on any atom is 0.227 e. The van der Waals surface area contributed by atoms with Crippen molar-refractivity contribution >= 4 is 5.91 Å². The summed E-state index contributed by atoms with van der Waals surface area (Å²) in [6.45, 7) is 1.70. The molecule has 7 heteroatoms. The van der Waals surface area contributed by atoms with Gasteiger partial charge in [-0.15, -0.1) is 0 Å². The van der Waals surface area contributed by atoms with Crippen LogP contribution >= 0.6 is 0 Å². The lowest BCUT2D eigenvalue weighted by molar-refractivity contribution is -0.122. The predicted molar refractivity (Wildman–Crippen MR) is 93.9 cm³/mol. The van der Waals surface area contributed by atoms with Crippen molar-refractivity contribution in [2.45, 2.75) is 63.6 Å². The first-order valence-electron chi connectivity index (χ1n) is 9.21. The number of hydrogen-bond acceptors (Lipinski definition) is 5. The van der Waals surface area contributed by atoms with Crippen molar-refractivity contribution in [3.8, 4) is 11.4 Å². The SMILES string of the molecule is Cc1ccc(-c2noc(CCC(=O)NC3CC4CCC(C3)N4)n2)cc1F. The number of nitrogens with one attached hydrogen (secondary N) is 2. The molecular weight excluding hydrogens is 335 g/mol. The molecule has 2 bridgehead atoms. The molecule has 2 unspecified atom stereocenters. The molecule has 3 heterocycles. The minimum absolute atomic E-state index is 0.0115. The van der Waals surface area contributed by atoms with E-state index in [1.165, 1.54) is 18.9 Å². The summed E-state index contributed by atoms with van der Waals surface area (Å²) in [7, 11) is 0. The highest BCUT2D eigenvalue weighted by molar-refractivity contribution is 5.76. The summed E-state index contributed by atoms with van der Waals surface area (Å²) >= 11 is 0. The van der Waals surface area contributed by atoms with Crippen LogP contribution in [0.25, 0.3) is 11.4 Å². The number of rotatable bonds is 5. The molecule has 2 fully saturated rings. The van der Waals surface area contributed by atoms with Crippen LogP contribution in [0.1, 0.15) is 43.6 Å². The number of nitrogens with zero attached hydrogens (tertiary/aromatic N) is 2. The summed E-state index contributed by atoms with van der Waals surface area (Å²) in [4.78, 5) is 16.5. The van der Waals surface area contributed by atoms with Gasteiger partial charge in [0.05, 0.1) is 0 Å². The molecule has 0 saturated carbocycles. The molecule has 2 aromatic rings. The van der Waals surface area contributed by atoms with Crippen LogP contribution in [0, 0.1) is 12.7 Å². The Labute approximate surface area is 151 Å². The number of halogens is 1. The van der Waals surface area contributed by atoms with E-state index in [1.54, 1.807) is 19.1 Å². The molecule has 138 valence electrons. The lowest BCUT2D eigenvalue weighted by atomic mass is 9.99. The third-order valence-corrected chi connectivity index (χ3v) is 5.30. The molecule has 0 spiro atoms. The Balaban J connectivity index is 1.30. The van der Waals surface area contributed by atoms with Crippen LogP contribution in [0.2, 0.25) is 0 Å². The molecule has 2 saturated heterocycles. The molecule has 2 aliphatic rings. The predicted octanol–water partition coefficient (Wildman–Crippen LogP) is 2.52. The van der Waals surface area contributed by atoms with Gasteiger partial charge in [-0.1, -0.05) is 17.3 Å². The second kappa shape index (κ2) is 7.15. The van der Waals surface area contributed by atoms with Crippen molar-refractivity contribution in [2.75, 3.05) is 0 Å². The van der Waals surface area contributed by atoms with E-state index < -0.39 is 0 Å². The van der Waals surface area contributed by atoms with E-state index in [-0.39, 0.29) is 17.8 Å². The average molecular weight is 358 g/mol. The van der Waals surface area contributed by atoms with Gasteiger partial charge in [0.1, 0.15) is 5.82 Å². The monoisotopic (exact) mass is 358 g/mol. The molecule has 1 aromatic heterocycles. The zero-order valence-electron chi connectivity index (χ0n) is 14.8. The van der Waals surface area contributed by atoms with Gasteiger partial charge in [0.25, 0.3) is 0 Å². The lowest BCUT2D eigenvalue weighted by Crippen LogP contribution is -2.48. The number of piperidine rings is 1. The van der Waals surface area contributed by atoms with Gasteiger partial charge in [0.15, 0.2) is 0 Å². The molecule has 1 amide bonds. The summed E-state index contributed by atoms with van der Waals surface area (Å²) in [6, 6.07) is 6.18. The Bertz CT molecular complexity index is 795. The number of benzene rings is 1. The summed E-state index contributed by atoms with van der Waals surface area (Å²) in [6.07, 6.45) is 5.12. The zero-order chi connectivity index (χ0) is 18.1. The van der Waals surface area contributed by atoms with Gasteiger partial charge < -0.3 is 15.2 Å². The Morgan fingerprint density at radius 2 is 2.12 bits per heavy atom. The maximum absolute atomic E-state index is 13.7. The van der Waals surface area contributed by atoms with Gasteiger partial charge in [0.2, 0.25) is 17.6 Å². The van der Waals surface area contributed by atoms with Crippen LogP contribution in [0.15, 0.2) is 22.7 Å². The second-order valence-corrected chi connectivity index (χ2v) is 7.35. The van der Waals surface area contributed by atoms with Gasteiger partial charge in [0, 0.05) is 36.5 Å². The number of hydrogen-bond donors (Lipinski definition) is 2. The number of amides is 1. The van der Waals surface area contributed by atoms with Crippen molar-refractivity contribution in [1.82, 2.24) is 20.8 Å². The first-order chi connectivity index (χ1) is 12.6. The van der Waals surface area contributed by atoms with Crippen molar-refractivity contribution in [2.24, 2.45) is 0 Å². The molecule has 26 heavy (non-hydrogen) atoms. The normalized spacial score (nSPS) is 24.6. The number of aromatic nitrogens is 2. The Kier molecular flexibility index (Phi) is 4.72. The van der Waals surface area contributed by atoms with Crippen LogP contribution in [-0.2, 0) is 11.2 Å². The zero-order valence-corrected chi connectivity index (χ0v) is 14.8. The van der Waals surface area contributed by atoms with Crippen LogP contribution in [0.5, 0.6) is 0 Å². The van der Waals surface area contributed by atoms with Gasteiger partial charge in [-0.25, -0.2) is 4.39 Å². The van der Waals surface area contributed by atoms with Gasteiger partial charge in [-0.05, 0) is 44.2 Å². The van der Waals surface area contributed by atoms with E-state index in [9.17, 15) is 9.18 Å². The molecular formula is C19H23FN4O2. The van der Waals surface area contributed by atoms with E-state index in [0.717, 1.165) is 12.8 Å². The Hall–Kier alpha value is -2.28. The van der Waals surface area contributed by atoms with Gasteiger partial charge >= 0.3 is 0 Å². The molecule has 2 N–H and O–H groups in total. The van der Waals surface area contributed by atoms with Crippen molar-refractivity contribution in [1.29, 1.82) is 0 Å². The smallest absolute Gasteiger partial charge is 0.227 e. The second-order valence-electron chi connectivity index (χ2n) is 7.35. The van der Waals surface area contributed by atoms with Gasteiger partial charge in [-0.3, -0.25) is 4.79 Å².